The minimum atomic E-state index is -3.38. The molecule has 1 rings (SSSR count). The van der Waals surface area contributed by atoms with Crippen molar-refractivity contribution in [2.45, 2.75) is 60.3 Å². The van der Waals surface area contributed by atoms with Gasteiger partial charge in [-0.3, -0.25) is 4.79 Å². The van der Waals surface area contributed by atoms with Crippen LogP contribution in [0.4, 0.5) is 0 Å². The molecule has 6 heteroatoms. The van der Waals surface area contributed by atoms with Gasteiger partial charge in [0.05, 0.1) is 5.75 Å². The Kier molecular flexibility index (Phi) is 12.0. The zero-order valence-corrected chi connectivity index (χ0v) is 18.0. The summed E-state index contributed by atoms with van der Waals surface area (Å²) in [4.78, 5) is 11.8. The van der Waals surface area contributed by atoms with E-state index < -0.39 is 10.0 Å². The number of carbonyl (C=O) groups is 1. The molecule has 0 N–H and O–H groups in total. The van der Waals surface area contributed by atoms with E-state index in [0.29, 0.717) is 18.3 Å². The van der Waals surface area contributed by atoms with Crippen molar-refractivity contribution < 1.29 is 34.3 Å². The second-order valence-electron chi connectivity index (χ2n) is 5.47. The molecule has 1 amide bonds. The smallest absolute Gasteiger partial charge is 0.236 e. The molecule has 0 saturated heterocycles. The maximum atomic E-state index is 11.8. The molecular formula is C15H31NO3SW. The number of nitrogens with zero attached hydrogens (tertiary/aromatic N) is 1. The van der Waals surface area contributed by atoms with Crippen LogP contribution in [-0.4, -0.2) is 31.4 Å². The molecule has 3 atom stereocenters. The third-order valence-corrected chi connectivity index (χ3v) is 6.26. The van der Waals surface area contributed by atoms with E-state index in [1.54, 1.807) is 6.92 Å². The Hall–Kier alpha value is 0.108. The molecule has 0 aromatic carbocycles. The van der Waals surface area contributed by atoms with Gasteiger partial charge in [0, 0.05) is 34.5 Å². The zero-order chi connectivity index (χ0) is 15.9. The molecule has 1 saturated carbocycles. The second kappa shape index (κ2) is 10.8. The van der Waals surface area contributed by atoms with Gasteiger partial charge in [0.15, 0.2) is 0 Å². The Morgan fingerprint density at radius 3 is 2.10 bits per heavy atom. The van der Waals surface area contributed by atoms with E-state index >= 15 is 0 Å². The van der Waals surface area contributed by atoms with Crippen LogP contribution in [0.2, 0.25) is 0 Å². The third kappa shape index (κ3) is 6.81. The van der Waals surface area contributed by atoms with Crippen molar-refractivity contribution in [2.24, 2.45) is 17.8 Å². The zero-order valence-electron chi connectivity index (χ0n) is 14.3. The van der Waals surface area contributed by atoms with E-state index in [9.17, 15) is 13.2 Å². The van der Waals surface area contributed by atoms with Gasteiger partial charge in [-0.15, -0.1) is 0 Å². The van der Waals surface area contributed by atoms with Gasteiger partial charge in [-0.25, -0.2) is 12.7 Å². The van der Waals surface area contributed by atoms with Crippen LogP contribution in [0.5, 0.6) is 0 Å². The van der Waals surface area contributed by atoms with Crippen molar-refractivity contribution in [1.29, 1.82) is 0 Å². The van der Waals surface area contributed by atoms with E-state index in [1.165, 1.54) is 19.9 Å². The Morgan fingerprint density at radius 1 is 1.19 bits per heavy atom. The molecule has 0 unspecified atom stereocenters. The summed E-state index contributed by atoms with van der Waals surface area (Å²) in [7, 11) is -2.02. The SMILES string of the molecule is CC.CCS(=O)(=O)N(C)C(=O)CC[C@H]1CC[C@@H](C)[C@H]1C.[W]. The Morgan fingerprint density at radius 2 is 1.71 bits per heavy atom. The fourth-order valence-corrected chi connectivity index (χ4v) is 3.48. The summed E-state index contributed by atoms with van der Waals surface area (Å²) in [6.45, 7) is 10.0. The molecule has 0 aromatic heterocycles. The number of rotatable bonds is 5. The van der Waals surface area contributed by atoms with Crippen LogP contribution in [0.25, 0.3) is 0 Å². The predicted octanol–water partition coefficient (Wildman–Crippen LogP) is 3.28. The van der Waals surface area contributed by atoms with E-state index in [2.05, 4.69) is 13.8 Å². The van der Waals surface area contributed by atoms with Gasteiger partial charge in [-0.2, -0.15) is 0 Å². The largest absolute Gasteiger partial charge is 0.274 e. The summed E-state index contributed by atoms with van der Waals surface area (Å²) in [5.41, 5.74) is 0. The van der Waals surface area contributed by atoms with Crippen molar-refractivity contribution in [1.82, 2.24) is 4.31 Å². The average molecular weight is 489 g/mol. The maximum Gasteiger partial charge on any atom is 0.236 e. The number of hydrogen-bond donors (Lipinski definition) is 0. The summed E-state index contributed by atoms with van der Waals surface area (Å²) < 4.78 is 24.0. The van der Waals surface area contributed by atoms with Gasteiger partial charge in [-0.1, -0.05) is 34.1 Å². The van der Waals surface area contributed by atoms with Crippen LogP contribution in [0.15, 0.2) is 0 Å². The van der Waals surface area contributed by atoms with Crippen molar-refractivity contribution in [2.75, 3.05) is 12.8 Å². The summed E-state index contributed by atoms with van der Waals surface area (Å²) in [5.74, 6) is 1.64. The first-order valence-electron chi connectivity index (χ1n) is 7.79. The fourth-order valence-electron chi connectivity index (χ4n) is 2.69. The van der Waals surface area contributed by atoms with Crippen molar-refractivity contribution >= 4 is 15.9 Å². The fraction of sp³-hybridized carbons (Fsp3) is 0.933. The third-order valence-electron chi connectivity index (χ3n) is 4.50. The van der Waals surface area contributed by atoms with Gasteiger partial charge < -0.3 is 0 Å². The van der Waals surface area contributed by atoms with Gasteiger partial charge in [0.25, 0.3) is 0 Å². The van der Waals surface area contributed by atoms with Gasteiger partial charge in [-0.05, 0) is 37.5 Å². The minimum Gasteiger partial charge on any atom is -0.274 e. The van der Waals surface area contributed by atoms with Crippen molar-refractivity contribution in [3.63, 3.8) is 0 Å². The first-order valence-corrected chi connectivity index (χ1v) is 9.40. The van der Waals surface area contributed by atoms with Crippen LogP contribution in [-0.2, 0) is 35.9 Å². The minimum absolute atomic E-state index is 0. The van der Waals surface area contributed by atoms with Crippen LogP contribution in [0.1, 0.15) is 60.3 Å². The number of carbonyl (C=O) groups excluding carboxylic acids is 1. The van der Waals surface area contributed by atoms with Crippen LogP contribution >= 0.6 is 0 Å². The number of amides is 1. The molecule has 4 nitrogen and oxygen atoms in total. The Bertz CT molecular complexity index is 398. The van der Waals surface area contributed by atoms with Crippen LogP contribution < -0.4 is 0 Å². The van der Waals surface area contributed by atoms with Gasteiger partial charge >= 0.3 is 0 Å². The van der Waals surface area contributed by atoms with Crippen LogP contribution in [0.3, 0.4) is 0 Å². The molecular weight excluding hydrogens is 458 g/mol. The summed E-state index contributed by atoms with van der Waals surface area (Å²) in [6.07, 6.45) is 3.55. The molecule has 0 bridgehead atoms. The van der Waals surface area contributed by atoms with Crippen molar-refractivity contribution in [3.05, 3.63) is 0 Å². The first kappa shape index (κ1) is 23.4. The summed E-state index contributed by atoms with van der Waals surface area (Å²) in [6, 6.07) is 0. The molecule has 1 fully saturated rings. The number of hydrogen-bond acceptors (Lipinski definition) is 3. The average Bonchev–Trinajstić information content (AvgIpc) is 2.77. The molecule has 1 aliphatic carbocycles. The quantitative estimate of drug-likeness (QED) is 0.596. The molecule has 21 heavy (non-hydrogen) atoms. The predicted molar refractivity (Wildman–Crippen MR) is 83.9 cm³/mol. The second-order valence-corrected chi connectivity index (χ2v) is 7.76. The monoisotopic (exact) mass is 489 g/mol. The summed E-state index contributed by atoms with van der Waals surface area (Å²) >= 11 is 0. The number of sulfonamides is 1. The molecule has 0 aromatic rings. The molecule has 126 valence electrons. The van der Waals surface area contributed by atoms with Crippen molar-refractivity contribution in [3.8, 4) is 0 Å². The Labute approximate surface area is 145 Å². The molecule has 0 heterocycles. The van der Waals surface area contributed by atoms with E-state index in [4.69, 9.17) is 0 Å². The standard InChI is InChI=1S/C13H25NO3S.C2H6.W/c1-5-18(16,17)14(4)13(15)9-8-12-7-6-10(2)11(12)3;1-2;/h10-12H,5-9H2,1-4H3;1-2H3;/t10-,11-,12-;;/m1../s1. The van der Waals surface area contributed by atoms with Gasteiger partial charge in [0.1, 0.15) is 0 Å². The molecule has 0 radical (unpaired) electrons. The van der Waals surface area contributed by atoms with E-state index in [-0.39, 0.29) is 32.7 Å². The topological polar surface area (TPSA) is 54.5 Å². The van der Waals surface area contributed by atoms with Gasteiger partial charge in [0.2, 0.25) is 15.9 Å². The molecule has 1 aliphatic rings. The molecule has 0 aliphatic heterocycles. The first-order chi connectivity index (χ1) is 9.29. The molecule has 0 spiro atoms. The maximum absolute atomic E-state index is 11.8. The van der Waals surface area contributed by atoms with Crippen LogP contribution in [0, 0.1) is 17.8 Å². The van der Waals surface area contributed by atoms with E-state index in [1.807, 2.05) is 13.8 Å². The normalized spacial score (nSPS) is 24.6. The Balaban J connectivity index is 0. The summed E-state index contributed by atoms with van der Waals surface area (Å²) in [5, 5.41) is 0. The van der Waals surface area contributed by atoms with E-state index in [0.717, 1.165) is 16.6 Å².